The molecule has 0 amide bonds. The molecule has 3 nitrogen and oxygen atoms in total. The van der Waals surface area contributed by atoms with Crippen LogP contribution in [0.25, 0.3) is 0 Å². The van der Waals surface area contributed by atoms with Crippen molar-refractivity contribution in [3.8, 4) is 0 Å². The van der Waals surface area contributed by atoms with E-state index in [2.05, 4.69) is 39.8 Å². The summed E-state index contributed by atoms with van der Waals surface area (Å²) in [6.45, 7) is 22.5. The zero-order chi connectivity index (χ0) is 17.1. The van der Waals surface area contributed by atoms with Crippen LogP contribution in [0.2, 0.25) is 0 Å². The van der Waals surface area contributed by atoms with Crippen molar-refractivity contribution in [2.45, 2.75) is 67.7 Å². The van der Waals surface area contributed by atoms with Gasteiger partial charge >= 0.3 is 0 Å². The van der Waals surface area contributed by atoms with Crippen LogP contribution < -0.4 is 0 Å². The van der Waals surface area contributed by atoms with E-state index in [0.29, 0.717) is 13.0 Å². The number of nitrogens with zero attached hydrogens (tertiary/aromatic N) is 1. The fourth-order valence-electron chi connectivity index (χ4n) is 1.69. The summed E-state index contributed by atoms with van der Waals surface area (Å²) in [6, 6.07) is 0. The first kappa shape index (κ1) is 27.1. The first-order valence-corrected chi connectivity index (χ1v) is 7.76. The van der Waals surface area contributed by atoms with Crippen LogP contribution in [0.1, 0.15) is 67.7 Å². The minimum absolute atomic E-state index is 0. The minimum Gasteiger partial charge on any atom is -0.396 e. The monoisotopic (exact) mass is 386 g/mol. The third-order valence-electron chi connectivity index (χ3n) is 2.54. The second-order valence-electron chi connectivity index (χ2n) is 7.49. The largest absolute Gasteiger partial charge is 0.396 e. The Morgan fingerprint density at radius 1 is 1.23 bits per heavy atom. The summed E-state index contributed by atoms with van der Waals surface area (Å²) >= 11 is 0. The van der Waals surface area contributed by atoms with Gasteiger partial charge in [-0.25, -0.2) is 0 Å². The van der Waals surface area contributed by atoms with E-state index in [1.54, 1.807) is 6.21 Å². The van der Waals surface area contributed by atoms with Gasteiger partial charge in [0.2, 0.25) is 0 Å². The summed E-state index contributed by atoms with van der Waals surface area (Å²) in [4.78, 5) is 16.5. The molecule has 0 aliphatic heterocycles. The number of hydrogen-bond donors (Lipinski definition) is 0. The molecule has 4 heteroatoms. The van der Waals surface area contributed by atoms with Gasteiger partial charge < -0.3 is 23.5 Å². The maximum Gasteiger partial charge on any atom is 0.116 e. The Labute approximate surface area is 163 Å². The first-order chi connectivity index (χ1) is 9.45. The molecule has 0 N–H and O–H groups in total. The molecule has 1 radical (unpaired) electrons. The second-order valence-corrected chi connectivity index (χ2v) is 7.49. The molecule has 129 valence electrons. The van der Waals surface area contributed by atoms with Gasteiger partial charge in [-0.05, 0) is 11.8 Å². The van der Waals surface area contributed by atoms with E-state index in [1.165, 1.54) is 0 Å². The van der Waals surface area contributed by atoms with Gasteiger partial charge in [0.05, 0.1) is 0 Å². The van der Waals surface area contributed by atoms with Gasteiger partial charge in [-0.3, -0.25) is 0 Å². The molecule has 0 fully saturated rings. The van der Waals surface area contributed by atoms with E-state index in [9.17, 15) is 4.79 Å². The molecule has 0 aliphatic carbocycles. The van der Waals surface area contributed by atoms with Gasteiger partial charge in [-0.2, -0.15) is 0 Å². The number of carbonyl (C=O) groups excluding carboxylic acids is 1. The van der Waals surface area contributed by atoms with Crippen LogP contribution >= 0.6 is 0 Å². The van der Waals surface area contributed by atoms with E-state index < -0.39 is 0 Å². The molecular formula is C18H35NO2Y-2. The second kappa shape index (κ2) is 13.7. The average Bonchev–Trinajstić information content (AvgIpc) is 2.31. The van der Waals surface area contributed by atoms with Crippen molar-refractivity contribution >= 4 is 12.0 Å². The Bertz CT molecular complexity index is 301. The molecular weight excluding hydrogens is 351 g/mol. The molecule has 0 saturated heterocycles. The molecule has 0 aliphatic rings. The molecule has 22 heavy (non-hydrogen) atoms. The molecule has 0 aromatic heterocycles. The smallest absolute Gasteiger partial charge is 0.116 e. The Kier molecular flexibility index (Phi) is 16.8. The fraction of sp³-hybridized carbons (Fsp3) is 0.778. The van der Waals surface area contributed by atoms with Crippen LogP contribution in [0.5, 0.6) is 0 Å². The molecule has 1 atom stereocenters. The number of rotatable bonds is 6. The summed E-state index contributed by atoms with van der Waals surface area (Å²) in [5.74, 6) is 0.197. The van der Waals surface area contributed by atoms with Crippen LogP contribution in [0, 0.1) is 30.6 Å². The van der Waals surface area contributed by atoms with Crippen molar-refractivity contribution in [2.24, 2.45) is 21.9 Å². The maximum atomic E-state index is 11.8. The van der Waals surface area contributed by atoms with Gasteiger partial charge in [-0.15, -0.1) is 17.5 Å². The summed E-state index contributed by atoms with van der Waals surface area (Å²) in [6.07, 6.45) is 4.22. The van der Waals surface area contributed by atoms with E-state index in [1.807, 2.05) is 27.7 Å². The van der Waals surface area contributed by atoms with Crippen LogP contribution in [-0.4, -0.2) is 18.6 Å². The summed E-state index contributed by atoms with van der Waals surface area (Å²) in [5.41, 5.74) is -0.0645. The van der Waals surface area contributed by atoms with Crippen LogP contribution in [0.4, 0.5) is 0 Å². The number of Topliss-reactive ketones (excluding diaryl/α,β-unsaturated/α-hetero) is 1. The molecule has 0 saturated carbocycles. The topological polar surface area (TPSA) is 38.7 Å². The quantitative estimate of drug-likeness (QED) is 0.275. The Balaban J connectivity index is -0.000000348. The average molecular weight is 386 g/mol. The molecule has 0 aromatic rings. The van der Waals surface area contributed by atoms with E-state index in [0.717, 1.165) is 12.8 Å². The predicted molar refractivity (Wildman–Crippen MR) is 92.1 cm³/mol. The third kappa shape index (κ3) is 18.3. The summed E-state index contributed by atoms with van der Waals surface area (Å²) < 4.78 is 0. The molecule has 0 bridgehead atoms. The molecule has 0 spiro atoms. The molecule has 0 aromatic carbocycles. The Morgan fingerprint density at radius 2 is 1.73 bits per heavy atom. The van der Waals surface area contributed by atoms with Crippen LogP contribution in [-0.2, 0) is 42.3 Å². The Hall–Kier alpha value is 0.244. The van der Waals surface area contributed by atoms with Crippen molar-refractivity contribution in [1.29, 1.82) is 0 Å². The van der Waals surface area contributed by atoms with Crippen LogP contribution in [0.15, 0.2) is 5.16 Å². The van der Waals surface area contributed by atoms with E-state index in [4.69, 9.17) is 4.84 Å². The van der Waals surface area contributed by atoms with Crippen molar-refractivity contribution in [1.82, 2.24) is 0 Å². The molecule has 0 heterocycles. The standard InChI is InChI=1S/C12H23O.C6H12NO.Y/c1-9(8-11(2,3)4)10(13)12(5,6)7;1-3-5-7-8-6-4-2;/h9H,1,8H2,2-7H3;5H,1,3-4,6H2,2H3;/q2*-1;/b;7-5-;. The van der Waals surface area contributed by atoms with Crippen molar-refractivity contribution in [3.63, 3.8) is 0 Å². The number of oxime groups is 1. The zero-order valence-electron chi connectivity index (χ0n) is 15.7. The van der Waals surface area contributed by atoms with Gasteiger partial charge in [0.25, 0.3) is 0 Å². The van der Waals surface area contributed by atoms with Gasteiger partial charge in [0.1, 0.15) is 12.4 Å². The maximum absolute atomic E-state index is 11.8. The predicted octanol–water partition coefficient (Wildman–Crippen LogP) is 5.11. The third-order valence-corrected chi connectivity index (χ3v) is 2.54. The molecule has 1 unspecified atom stereocenters. The van der Waals surface area contributed by atoms with Crippen LogP contribution in [0.3, 0.4) is 0 Å². The number of hydrogen-bond acceptors (Lipinski definition) is 3. The van der Waals surface area contributed by atoms with E-state index >= 15 is 0 Å². The normalized spacial score (nSPS) is 13.0. The first-order valence-electron chi connectivity index (χ1n) is 7.76. The summed E-state index contributed by atoms with van der Waals surface area (Å²) in [7, 11) is 0. The van der Waals surface area contributed by atoms with Gasteiger partial charge in [-0.1, -0.05) is 54.9 Å². The van der Waals surface area contributed by atoms with E-state index in [-0.39, 0.29) is 55.2 Å². The number of carbonyl (C=O) groups is 1. The van der Waals surface area contributed by atoms with Crippen molar-refractivity contribution in [3.05, 3.63) is 13.8 Å². The van der Waals surface area contributed by atoms with Gasteiger partial charge in [0, 0.05) is 44.3 Å². The van der Waals surface area contributed by atoms with Crippen molar-refractivity contribution in [2.75, 3.05) is 6.61 Å². The molecule has 0 rings (SSSR count). The Morgan fingerprint density at radius 3 is 2.05 bits per heavy atom. The summed E-state index contributed by atoms with van der Waals surface area (Å²) in [5, 5.41) is 3.59. The number of ketones is 1. The van der Waals surface area contributed by atoms with Gasteiger partial charge in [0.15, 0.2) is 0 Å². The SMILES string of the molecule is [CH2-]C(CC(C)(C)C)C(=O)C(C)(C)C.[CH2-]C/C=N\OCCC.[Y]. The fourth-order valence-corrected chi connectivity index (χ4v) is 1.69. The minimum atomic E-state index is -0.252. The zero-order valence-corrected chi connectivity index (χ0v) is 18.6. The van der Waals surface area contributed by atoms with Crippen molar-refractivity contribution < 1.29 is 42.3 Å².